The largest absolute Gasteiger partial charge is 0.494 e. The number of benzene rings is 1. The highest BCUT2D eigenvalue weighted by molar-refractivity contribution is 6.59. The van der Waals surface area contributed by atoms with Crippen molar-refractivity contribution >= 4 is 12.6 Å². The molecule has 0 atom stereocenters. The predicted octanol–water partition coefficient (Wildman–Crippen LogP) is 1.56. The maximum Gasteiger partial charge on any atom is 0.492 e. The summed E-state index contributed by atoms with van der Waals surface area (Å²) in [6, 6.07) is 2.65. The number of ether oxygens (including phenoxy) is 1. The highest BCUT2D eigenvalue weighted by Crippen LogP contribution is 2.29. The zero-order valence-corrected chi connectivity index (χ0v) is 9.87. The number of hydrogen-bond acceptors (Lipinski definition) is 3. The van der Waals surface area contributed by atoms with Crippen molar-refractivity contribution in [1.29, 1.82) is 0 Å². The van der Waals surface area contributed by atoms with Gasteiger partial charge >= 0.3 is 13.3 Å². The number of alkyl halides is 3. The van der Waals surface area contributed by atoms with Crippen molar-refractivity contribution in [2.24, 2.45) is 0 Å². The lowest BCUT2D eigenvalue weighted by atomic mass is 9.78. The van der Waals surface area contributed by atoms with Crippen molar-refractivity contribution in [3.8, 4) is 5.75 Å². The topological polar surface area (TPSA) is 49.7 Å². The highest BCUT2D eigenvalue weighted by Gasteiger charge is 2.32. The van der Waals surface area contributed by atoms with E-state index < -0.39 is 18.9 Å². The molecule has 0 aliphatic heterocycles. The van der Waals surface area contributed by atoms with Crippen LogP contribution in [-0.2, 0) is 6.18 Å². The first-order chi connectivity index (χ1) is 8.36. The second-order valence-electron chi connectivity index (χ2n) is 3.83. The maximum absolute atomic E-state index is 12.5. The molecule has 7 heteroatoms. The van der Waals surface area contributed by atoms with Gasteiger partial charge < -0.3 is 14.8 Å². The van der Waals surface area contributed by atoms with Crippen LogP contribution < -0.4 is 10.2 Å². The molecule has 0 unspecified atom stereocenters. The molecule has 100 valence electrons. The van der Waals surface area contributed by atoms with E-state index in [2.05, 4.69) is 0 Å². The van der Waals surface area contributed by atoms with Crippen LogP contribution in [0.25, 0.3) is 0 Å². The zero-order chi connectivity index (χ0) is 13.8. The fraction of sp³-hybridized carbons (Fsp3) is 0.455. The molecule has 18 heavy (non-hydrogen) atoms. The van der Waals surface area contributed by atoms with Gasteiger partial charge in [-0.2, -0.15) is 13.2 Å². The summed E-state index contributed by atoms with van der Waals surface area (Å²) in [5, 5.41) is 18.1. The lowest BCUT2D eigenvalue weighted by molar-refractivity contribution is -0.137. The Labute approximate surface area is 103 Å². The third-order valence-corrected chi connectivity index (χ3v) is 2.37. The molecule has 0 bridgehead atoms. The van der Waals surface area contributed by atoms with Gasteiger partial charge in [0.25, 0.3) is 0 Å². The summed E-state index contributed by atoms with van der Waals surface area (Å²) in [6.45, 7) is 2.26. The van der Waals surface area contributed by atoms with Gasteiger partial charge in [-0.1, -0.05) is 13.3 Å². The summed E-state index contributed by atoms with van der Waals surface area (Å²) in [6.07, 6.45) is -2.91. The predicted molar refractivity (Wildman–Crippen MR) is 61.7 cm³/mol. The van der Waals surface area contributed by atoms with Gasteiger partial charge in [-0.25, -0.2) is 0 Å². The van der Waals surface area contributed by atoms with Crippen LogP contribution in [0.3, 0.4) is 0 Å². The molecule has 0 aromatic heterocycles. The number of halogens is 3. The second-order valence-corrected chi connectivity index (χ2v) is 3.83. The Hall–Kier alpha value is -1.21. The maximum atomic E-state index is 12.5. The molecule has 0 amide bonds. The third-order valence-electron chi connectivity index (χ3n) is 2.37. The minimum absolute atomic E-state index is 0.0615. The van der Waals surface area contributed by atoms with E-state index in [0.717, 1.165) is 25.0 Å². The second kappa shape index (κ2) is 6.11. The third kappa shape index (κ3) is 3.92. The molecule has 3 nitrogen and oxygen atoms in total. The van der Waals surface area contributed by atoms with Gasteiger partial charge in [0, 0.05) is 5.46 Å². The van der Waals surface area contributed by atoms with E-state index in [0.29, 0.717) is 12.7 Å². The van der Waals surface area contributed by atoms with Gasteiger partial charge in [0.2, 0.25) is 0 Å². The molecule has 0 fully saturated rings. The van der Waals surface area contributed by atoms with Gasteiger partial charge in [0.15, 0.2) is 0 Å². The minimum Gasteiger partial charge on any atom is -0.494 e. The number of hydrogen-bond donors (Lipinski definition) is 2. The average molecular weight is 262 g/mol. The Morgan fingerprint density at radius 1 is 1.28 bits per heavy atom. The monoisotopic (exact) mass is 262 g/mol. The smallest absolute Gasteiger partial charge is 0.492 e. The van der Waals surface area contributed by atoms with Gasteiger partial charge in [0.1, 0.15) is 5.75 Å². The van der Waals surface area contributed by atoms with Crippen LogP contribution in [0.1, 0.15) is 25.3 Å². The lowest BCUT2D eigenvalue weighted by Gasteiger charge is -2.14. The van der Waals surface area contributed by atoms with E-state index in [9.17, 15) is 13.2 Å². The van der Waals surface area contributed by atoms with E-state index in [1.54, 1.807) is 0 Å². The highest BCUT2D eigenvalue weighted by atomic mass is 19.4. The van der Waals surface area contributed by atoms with E-state index in [1.165, 1.54) is 0 Å². The quantitative estimate of drug-likeness (QED) is 0.625. The van der Waals surface area contributed by atoms with E-state index in [4.69, 9.17) is 14.8 Å². The van der Waals surface area contributed by atoms with Crippen LogP contribution in [0.5, 0.6) is 5.75 Å². The van der Waals surface area contributed by atoms with E-state index >= 15 is 0 Å². The van der Waals surface area contributed by atoms with Gasteiger partial charge in [0.05, 0.1) is 12.2 Å². The van der Waals surface area contributed by atoms with Gasteiger partial charge in [-0.3, -0.25) is 0 Å². The molecule has 1 aromatic rings. The molecular formula is C11H14BF3O3. The number of unbranched alkanes of at least 4 members (excludes halogenated alkanes) is 1. The Kier molecular flexibility index (Phi) is 5.04. The summed E-state index contributed by atoms with van der Waals surface area (Å²) in [5.41, 5.74) is -1.21. The molecule has 0 saturated heterocycles. The Morgan fingerprint density at radius 2 is 1.94 bits per heavy atom. The van der Waals surface area contributed by atoms with Crippen LogP contribution >= 0.6 is 0 Å². The van der Waals surface area contributed by atoms with Crippen molar-refractivity contribution in [1.82, 2.24) is 0 Å². The van der Waals surface area contributed by atoms with Crippen molar-refractivity contribution in [3.63, 3.8) is 0 Å². The average Bonchev–Trinajstić information content (AvgIpc) is 2.28. The molecule has 0 aliphatic rings. The van der Waals surface area contributed by atoms with Crippen molar-refractivity contribution in [2.45, 2.75) is 25.9 Å². The Morgan fingerprint density at radius 3 is 2.44 bits per heavy atom. The fourth-order valence-corrected chi connectivity index (χ4v) is 1.38. The Bertz CT molecular complexity index is 394. The molecule has 0 spiro atoms. The molecule has 2 N–H and O–H groups in total. The SMILES string of the molecule is CCCCOc1ccc(C(F)(F)F)cc1B(O)O. The molecule has 0 radical (unpaired) electrons. The summed E-state index contributed by atoms with van der Waals surface area (Å²) in [4.78, 5) is 0. The first-order valence-corrected chi connectivity index (χ1v) is 5.56. The van der Waals surface area contributed by atoms with Crippen LogP contribution in [0.15, 0.2) is 18.2 Å². The first-order valence-electron chi connectivity index (χ1n) is 5.56. The lowest BCUT2D eigenvalue weighted by Crippen LogP contribution is -2.32. The zero-order valence-electron chi connectivity index (χ0n) is 9.87. The van der Waals surface area contributed by atoms with Crippen molar-refractivity contribution in [2.75, 3.05) is 6.61 Å². The summed E-state index contributed by atoms with van der Waals surface area (Å²) in [5.74, 6) is 0.0615. The molecule has 0 heterocycles. The van der Waals surface area contributed by atoms with Crippen LogP contribution in [0.2, 0.25) is 0 Å². The summed E-state index contributed by atoms with van der Waals surface area (Å²) in [7, 11) is -2.00. The van der Waals surface area contributed by atoms with Gasteiger partial charge in [-0.15, -0.1) is 0 Å². The van der Waals surface area contributed by atoms with Crippen molar-refractivity contribution in [3.05, 3.63) is 23.8 Å². The van der Waals surface area contributed by atoms with Crippen LogP contribution in [0, 0.1) is 0 Å². The summed E-state index contributed by atoms with van der Waals surface area (Å²) >= 11 is 0. The van der Waals surface area contributed by atoms with Crippen LogP contribution in [-0.4, -0.2) is 23.8 Å². The van der Waals surface area contributed by atoms with Crippen molar-refractivity contribution < 1.29 is 28.0 Å². The normalized spacial score (nSPS) is 11.4. The molecule has 1 rings (SSSR count). The first kappa shape index (κ1) is 14.9. The van der Waals surface area contributed by atoms with E-state index in [-0.39, 0.29) is 11.2 Å². The Balaban J connectivity index is 2.98. The standard InChI is InChI=1S/C11H14BF3O3/c1-2-3-6-18-10-5-4-8(11(13,14)15)7-9(10)12(16)17/h4-5,7,16-17H,2-3,6H2,1H3. The molecule has 0 saturated carbocycles. The number of rotatable bonds is 5. The minimum atomic E-state index is -4.52. The molecule has 1 aromatic carbocycles. The molecule has 0 aliphatic carbocycles. The van der Waals surface area contributed by atoms with Crippen LogP contribution in [0.4, 0.5) is 13.2 Å². The summed E-state index contributed by atoms with van der Waals surface area (Å²) < 4.78 is 42.6. The molecular weight excluding hydrogens is 248 g/mol. The fourth-order valence-electron chi connectivity index (χ4n) is 1.38. The van der Waals surface area contributed by atoms with E-state index in [1.807, 2.05) is 6.92 Å². The van der Waals surface area contributed by atoms with Gasteiger partial charge in [-0.05, 0) is 24.6 Å².